The molecule has 0 spiro atoms. The van der Waals surface area contributed by atoms with Gasteiger partial charge >= 0.3 is 0 Å². The van der Waals surface area contributed by atoms with Crippen LogP contribution in [0.25, 0.3) is 0 Å². The van der Waals surface area contributed by atoms with Gasteiger partial charge in [-0.1, -0.05) is 0 Å². The van der Waals surface area contributed by atoms with Crippen LogP contribution in [0.1, 0.15) is 39.4 Å². The number of ether oxygens (including phenoxy) is 1. The molecule has 0 unspecified atom stereocenters. The Morgan fingerprint density at radius 1 is 1.53 bits per heavy atom. The fourth-order valence-corrected chi connectivity index (χ4v) is 1.87. The van der Waals surface area contributed by atoms with Gasteiger partial charge in [-0.15, -0.1) is 0 Å². The van der Waals surface area contributed by atoms with Crippen LogP contribution in [0.2, 0.25) is 0 Å². The largest absolute Gasteiger partial charge is 0.378 e. The van der Waals surface area contributed by atoms with Gasteiger partial charge in [0.2, 0.25) is 0 Å². The van der Waals surface area contributed by atoms with Crippen LogP contribution >= 0.6 is 15.9 Å². The SMILES string of the molecule is COC(C)(C)Cc1c(Br)cnn1C(C)C. The first-order valence-corrected chi connectivity index (χ1v) is 5.93. The second-order valence-corrected chi connectivity index (χ2v) is 5.47. The van der Waals surface area contributed by atoms with E-state index in [1.165, 1.54) is 5.69 Å². The highest BCUT2D eigenvalue weighted by Crippen LogP contribution is 2.25. The van der Waals surface area contributed by atoms with Crippen molar-refractivity contribution in [3.63, 3.8) is 0 Å². The van der Waals surface area contributed by atoms with Gasteiger partial charge in [-0.05, 0) is 43.6 Å². The Labute approximate surface area is 99.9 Å². The zero-order valence-corrected chi connectivity index (χ0v) is 11.6. The third-order valence-corrected chi connectivity index (χ3v) is 3.15. The van der Waals surface area contributed by atoms with Crippen molar-refractivity contribution in [2.24, 2.45) is 0 Å². The Hall–Kier alpha value is -0.350. The van der Waals surface area contributed by atoms with Crippen molar-refractivity contribution >= 4 is 15.9 Å². The summed E-state index contributed by atoms with van der Waals surface area (Å²) < 4.78 is 8.53. The van der Waals surface area contributed by atoms with Crippen molar-refractivity contribution in [3.8, 4) is 0 Å². The van der Waals surface area contributed by atoms with Gasteiger partial charge in [0.15, 0.2) is 0 Å². The summed E-state index contributed by atoms with van der Waals surface area (Å²) in [6.45, 7) is 8.42. The van der Waals surface area contributed by atoms with Crippen molar-refractivity contribution in [2.45, 2.75) is 45.8 Å². The third kappa shape index (κ3) is 3.05. The Bertz CT molecular complexity index is 331. The molecule has 0 N–H and O–H groups in total. The summed E-state index contributed by atoms with van der Waals surface area (Å²) in [4.78, 5) is 0. The van der Waals surface area contributed by atoms with Gasteiger partial charge in [0.05, 0.1) is 22.0 Å². The molecule has 1 rings (SSSR count). The molecule has 0 atom stereocenters. The summed E-state index contributed by atoms with van der Waals surface area (Å²) in [7, 11) is 1.74. The standard InChI is InChI=1S/C11H19BrN2O/c1-8(2)14-10(9(12)7-13-14)6-11(3,4)15-5/h7-8H,6H2,1-5H3. The van der Waals surface area contributed by atoms with Gasteiger partial charge in [0.25, 0.3) is 0 Å². The summed E-state index contributed by atoms with van der Waals surface area (Å²) in [5.74, 6) is 0. The maximum atomic E-state index is 5.44. The molecule has 1 aromatic heterocycles. The van der Waals surface area contributed by atoms with E-state index in [9.17, 15) is 0 Å². The average Bonchev–Trinajstić information content (AvgIpc) is 2.48. The van der Waals surface area contributed by atoms with Gasteiger partial charge in [-0.25, -0.2) is 0 Å². The van der Waals surface area contributed by atoms with E-state index in [4.69, 9.17) is 4.74 Å². The van der Waals surface area contributed by atoms with Crippen molar-refractivity contribution in [1.82, 2.24) is 9.78 Å². The van der Waals surface area contributed by atoms with Crippen LogP contribution in [-0.2, 0) is 11.2 Å². The summed E-state index contributed by atoms with van der Waals surface area (Å²) in [6, 6.07) is 0.374. The monoisotopic (exact) mass is 274 g/mol. The van der Waals surface area contributed by atoms with Gasteiger partial charge < -0.3 is 4.74 Å². The smallest absolute Gasteiger partial charge is 0.0678 e. The van der Waals surface area contributed by atoms with Crippen molar-refractivity contribution in [2.75, 3.05) is 7.11 Å². The third-order valence-electron chi connectivity index (χ3n) is 2.48. The lowest BCUT2D eigenvalue weighted by Gasteiger charge is -2.24. The predicted molar refractivity (Wildman–Crippen MR) is 65.1 cm³/mol. The van der Waals surface area contributed by atoms with Crippen LogP contribution in [0, 0.1) is 0 Å². The highest BCUT2D eigenvalue weighted by Gasteiger charge is 2.22. The average molecular weight is 275 g/mol. The lowest BCUT2D eigenvalue weighted by molar-refractivity contribution is 0.0212. The molecule has 0 fully saturated rings. The second-order valence-electron chi connectivity index (χ2n) is 4.62. The molecule has 0 radical (unpaired) electrons. The summed E-state index contributed by atoms with van der Waals surface area (Å²) in [6.07, 6.45) is 2.70. The fraction of sp³-hybridized carbons (Fsp3) is 0.727. The van der Waals surface area contributed by atoms with Crippen molar-refractivity contribution in [3.05, 3.63) is 16.4 Å². The molecule has 1 aromatic rings. The molecular formula is C11H19BrN2O. The molecule has 0 aliphatic rings. The molecule has 4 heteroatoms. The number of nitrogens with zero attached hydrogens (tertiary/aromatic N) is 2. The first-order valence-electron chi connectivity index (χ1n) is 5.14. The van der Waals surface area contributed by atoms with Crippen LogP contribution in [0.3, 0.4) is 0 Å². The number of rotatable bonds is 4. The van der Waals surface area contributed by atoms with E-state index in [1.54, 1.807) is 7.11 Å². The lowest BCUT2D eigenvalue weighted by Crippen LogP contribution is -2.27. The molecule has 3 nitrogen and oxygen atoms in total. The minimum absolute atomic E-state index is 0.158. The zero-order valence-electron chi connectivity index (χ0n) is 10.0. The van der Waals surface area contributed by atoms with E-state index in [0.717, 1.165) is 10.9 Å². The molecule has 15 heavy (non-hydrogen) atoms. The Morgan fingerprint density at radius 2 is 2.13 bits per heavy atom. The number of halogens is 1. The molecule has 1 heterocycles. The predicted octanol–water partition coefficient (Wildman–Crippen LogP) is 3.19. The van der Waals surface area contributed by atoms with E-state index in [1.807, 2.05) is 10.9 Å². The highest BCUT2D eigenvalue weighted by atomic mass is 79.9. The molecule has 0 aliphatic heterocycles. The highest BCUT2D eigenvalue weighted by molar-refractivity contribution is 9.10. The van der Waals surface area contributed by atoms with E-state index in [-0.39, 0.29) is 5.60 Å². The fourth-order valence-electron chi connectivity index (χ4n) is 1.45. The number of hydrogen-bond acceptors (Lipinski definition) is 2. The van der Waals surface area contributed by atoms with Crippen LogP contribution in [0.4, 0.5) is 0 Å². The molecule has 0 amide bonds. The maximum absolute atomic E-state index is 5.44. The molecule has 0 saturated carbocycles. The normalized spacial score (nSPS) is 12.5. The van der Waals surface area contributed by atoms with Gasteiger partial charge in [-0.3, -0.25) is 4.68 Å². The van der Waals surface area contributed by atoms with Crippen molar-refractivity contribution in [1.29, 1.82) is 0 Å². The van der Waals surface area contributed by atoms with Gasteiger partial charge in [0, 0.05) is 19.6 Å². The summed E-state index contributed by atoms with van der Waals surface area (Å²) in [5.41, 5.74) is 1.03. The molecule has 0 saturated heterocycles. The van der Waals surface area contributed by atoms with E-state index in [2.05, 4.69) is 48.7 Å². The number of methoxy groups -OCH3 is 1. The molecule has 0 aromatic carbocycles. The zero-order chi connectivity index (χ0) is 11.6. The molecular weight excluding hydrogens is 256 g/mol. The van der Waals surface area contributed by atoms with E-state index < -0.39 is 0 Å². The Kier molecular flexibility index (Phi) is 3.95. The van der Waals surface area contributed by atoms with Gasteiger partial charge in [0.1, 0.15) is 0 Å². The molecule has 0 bridgehead atoms. The van der Waals surface area contributed by atoms with Crippen LogP contribution in [-0.4, -0.2) is 22.5 Å². The lowest BCUT2D eigenvalue weighted by atomic mass is 10.0. The van der Waals surface area contributed by atoms with Crippen LogP contribution < -0.4 is 0 Å². The van der Waals surface area contributed by atoms with Crippen LogP contribution in [0.15, 0.2) is 10.7 Å². The van der Waals surface area contributed by atoms with Crippen molar-refractivity contribution < 1.29 is 4.74 Å². The Morgan fingerprint density at radius 3 is 2.60 bits per heavy atom. The molecule has 86 valence electrons. The maximum Gasteiger partial charge on any atom is 0.0678 e. The quantitative estimate of drug-likeness (QED) is 0.843. The first-order chi connectivity index (χ1) is 6.87. The minimum atomic E-state index is -0.158. The van der Waals surface area contributed by atoms with Crippen LogP contribution in [0.5, 0.6) is 0 Å². The molecule has 0 aliphatic carbocycles. The Balaban J connectivity index is 2.98. The summed E-state index contributed by atoms with van der Waals surface area (Å²) >= 11 is 3.53. The number of hydrogen-bond donors (Lipinski definition) is 0. The number of aromatic nitrogens is 2. The van der Waals surface area contributed by atoms with E-state index >= 15 is 0 Å². The second kappa shape index (κ2) is 4.66. The van der Waals surface area contributed by atoms with E-state index in [0.29, 0.717) is 6.04 Å². The first kappa shape index (κ1) is 12.7. The minimum Gasteiger partial charge on any atom is -0.378 e. The van der Waals surface area contributed by atoms with Gasteiger partial charge in [-0.2, -0.15) is 5.10 Å². The topological polar surface area (TPSA) is 27.1 Å². The summed E-state index contributed by atoms with van der Waals surface area (Å²) in [5, 5.41) is 4.35.